The first-order chi connectivity index (χ1) is 6.92. The number of benzene rings is 1. The third-order valence-corrected chi connectivity index (χ3v) is 2.62. The summed E-state index contributed by atoms with van der Waals surface area (Å²) in [5, 5.41) is 2.81. The van der Waals surface area contributed by atoms with Crippen molar-refractivity contribution < 1.29 is 0 Å². The fraction of sp³-hybridized carbons (Fsp3) is 0.286. The van der Waals surface area contributed by atoms with Gasteiger partial charge in [-0.25, -0.2) is 0 Å². The number of hydrogen-bond donors (Lipinski definition) is 0. The van der Waals surface area contributed by atoms with Crippen LogP contribution in [-0.4, -0.2) is 0 Å². The van der Waals surface area contributed by atoms with Gasteiger partial charge in [-0.05, 0) is 28.9 Å². The molecule has 0 fully saturated rings. The molecule has 0 saturated carbocycles. The lowest BCUT2D eigenvalue weighted by molar-refractivity contribution is 0.973. The first-order valence-corrected chi connectivity index (χ1v) is 5.37. The minimum atomic E-state index is 1.06. The Labute approximate surface area is 85.3 Å². The minimum Gasteiger partial charge on any atom is -0.0804 e. The molecule has 0 spiro atoms. The highest BCUT2D eigenvalue weighted by molar-refractivity contribution is 5.59. The van der Waals surface area contributed by atoms with Crippen molar-refractivity contribution in [2.75, 3.05) is 0 Å². The SMILES string of the molecule is CCCC1=c2ccccc2=CCC=C1. The molecule has 0 aliphatic heterocycles. The van der Waals surface area contributed by atoms with Crippen LogP contribution in [0.3, 0.4) is 0 Å². The lowest BCUT2D eigenvalue weighted by Crippen LogP contribution is -2.25. The number of rotatable bonds is 2. The molecule has 1 aliphatic rings. The zero-order valence-electron chi connectivity index (χ0n) is 8.66. The van der Waals surface area contributed by atoms with Crippen LogP contribution in [0.25, 0.3) is 11.6 Å². The molecule has 0 nitrogen and oxygen atoms in total. The van der Waals surface area contributed by atoms with E-state index < -0.39 is 0 Å². The third-order valence-electron chi connectivity index (χ3n) is 2.62. The highest BCUT2D eigenvalue weighted by Gasteiger charge is 1.96. The molecule has 2 rings (SSSR count). The average molecular weight is 184 g/mol. The van der Waals surface area contributed by atoms with Crippen LogP contribution >= 0.6 is 0 Å². The monoisotopic (exact) mass is 184 g/mol. The Kier molecular flexibility index (Phi) is 2.83. The molecule has 1 aromatic rings. The smallest absolute Gasteiger partial charge is 0.0155 e. The van der Waals surface area contributed by atoms with E-state index in [1.807, 2.05) is 0 Å². The summed E-state index contributed by atoms with van der Waals surface area (Å²) in [4.78, 5) is 0. The van der Waals surface area contributed by atoms with Crippen LogP contribution in [0.4, 0.5) is 0 Å². The summed E-state index contributed by atoms with van der Waals surface area (Å²) in [7, 11) is 0. The quantitative estimate of drug-likeness (QED) is 0.662. The zero-order valence-corrected chi connectivity index (χ0v) is 8.66. The lowest BCUT2D eigenvalue weighted by atomic mass is 10.1. The molecule has 0 unspecified atom stereocenters. The van der Waals surface area contributed by atoms with Crippen molar-refractivity contribution >= 4 is 11.6 Å². The van der Waals surface area contributed by atoms with Crippen LogP contribution in [0.1, 0.15) is 26.2 Å². The molecule has 1 aliphatic carbocycles. The molecule has 1 aromatic carbocycles. The standard InChI is InChI=1S/C14H16/c1-2-7-12-8-3-4-9-13-10-5-6-11-14(12)13/h3,5-6,8-11H,2,4,7H2,1H3. The van der Waals surface area contributed by atoms with Crippen LogP contribution in [-0.2, 0) is 0 Å². The fourth-order valence-corrected chi connectivity index (χ4v) is 1.95. The molecule has 0 radical (unpaired) electrons. The highest BCUT2D eigenvalue weighted by Crippen LogP contribution is 2.07. The highest BCUT2D eigenvalue weighted by atomic mass is 14.0. The van der Waals surface area contributed by atoms with E-state index in [1.165, 1.54) is 28.9 Å². The third kappa shape index (κ3) is 1.79. The Hall–Kier alpha value is -1.30. The van der Waals surface area contributed by atoms with E-state index in [4.69, 9.17) is 0 Å². The van der Waals surface area contributed by atoms with E-state index in [0.717, 1.165) is 6.42 Å². The Morgan fingerprint density at radius 1 is 1.21 bits per heavy atom. The van der Waals surface area contributed by atoms with Crippen LogP contribution in [0.2, 0.25) is 0 Å². The summed E-state index contributed by atoms with van der Waals surface area (Å²) in [6.07, 6.45) is 10.3. The summed E-state index contributed by atoms with van der Waals surface area (Å²) < 4.78 is 0. The van der Waals surface area contributed by atoms with E-state index in [9.17, 15) is 0 Å². The van der Waals surface area contributed by atoms with Gasteiger partial charge in [-0.3, -0.25) is 0 Å². The van der Waals surface area contributed by atoms with Crippen molar-refractivity contribution in [2.24, 2.45) is 0 Å². The maximum Gasteiger partial charge on any atom is -0.0155 e. The molecule has 0 heteroatoms. The van der Waals surface area contributed by atoms with Gasteiger partial charge in [0.25, 0.3) is 0 Å². The van der Waals surface area contributed by atoms with Crippen LogP contribution in [0, 0.1) is 0 Å². The Morgan fingerprint density at radius 2 is 2.07 bits per heavy atom. The second kappa shape index (κ2) is 4.28. The summed E-state index contributed by atoms with van der Waals surface area (Å²) in [5.41, 5.74) is 1.48. The van der Waals surface area contributed by atoms with Crippen molar-refractivity contribution in [2.45, 2.75) is 26.2 Å². The Bertz CT molecular complexity index is 449. The molecule has 0 bridgehead atoms. The van der Waals surface area contributed by atoms with Crippen molar-refractivity contribution in [3.8, 4) is 0 Å². The summed E-state index contributed by atoms with van der Waals surface area (Å²) in [5.74, 6) is 0. The van der Waals surface area contributed by atoms with Crippen LogP contribution in [0.15, 0.2) is 36.4 Å². The van der Waals surface area contributed by atoms with Gasteiger partial charge in [0.2, 0.25) is 0 Å². The van der Waals surface area contributed by atoms with Crippen molar-refractivity contribution in [3.63, 3.8) is 0 Å². The van der Waals surface area contributed by atoms with Gasteiger partial charge in [-0.15, -0.1) is 0 Å². The molecule has 0 N–H and O–H groups in total. The molecule has 14 heavy (non-hydrogen) atoms. The van der Waals surface area contributed by atoms with Crippen molar-refractivity contribution in [3.05, 3.63) is 46.9 Å². The number of allylic oxidation sites excluding steroid dienone is 2. The second-order valence-corrected chi connectivity index (χ2v) is 3.70. The van der Waals surface area contributed by atoms with Crippen molar-refractivity contribution in [1.82, 2.24) is 0 Å². The lowest BCUT2D eigenvalue weighted by Gasteiger charge is -1.98. The van der Waals surface area contributed by atoms with Crippen molar-refractivity contribution in [1.29, 1.82) is 0 Å². The van der Waals surface area contributed by atoms with Gasteiger partial charge in [-0.1, -0.05) is 55.8 Å². The minimum absolute atomic E-state index is 1.06. The molecular weight excluding hydrogens is 168 g/mol. The maximum atomic E-state index is 2.30. The second-order valence-electron chi connectivity index (χ2n) is 3.70. The van der Waals surface area contributed by atoms with Crippen LogP contribution < -0.4 is 10.4 Å². The fourth-order valence-electron chi connectivity index (χ4n) is 1.95. The predicted octanol–water partition coefficient (Wildman–Crippen LogP) is 2.38. The normalized spacial score (nSPS) is 14.5. The molecule has 0 atom stereocenters. The molecule has 0 aromatic heterocycles. The maximum absolute atomic E-state index is 2.30. The summed E-state index contributed by atoms with van der Waals surface area (Å²) in [6.45, 7) is 2.23. The number of hydrogen-bond acceptors (Lipinski definition) is 0. The van der Waals surface area contributed by atoms with Gasteiger partial charge in [-0.2, -0.15) is 0 Å². The number of fused-ring (bicyclic) bond motifs is 1. The Morgan fingerprint density at radius 3 is 2.93 bits per heavy atom. The largest absolute Gasteiger partial charge is 0.0804 e. The molecule has 0 heterocycles. The predicted molar refractivity (Wildman–Crippen MR) is 62.2 cm³/mol. The first kappa shape index (κ1) is 9.26. The van der Waals surface area contributed by atoms with E-state index >= 15 is 0 Å². The van der Waals surface area contributed by atoms with Gasteiger partial charge in [0.05, 0.1) is 0 Å². The van der Waals surface area contributed by atoms with Crippen LogP contribution in [0.5, 0.6) is 0 Å². The first-order valence-electron chi connectivity index (χ1n) is 5.37. The average Bonchev–Trinajstić information content (AvgIpc) is 2.42. The molecule has 72 valence electrons. The van der Waals surface area contributed by atoms with E-state index in [0.29, 0.717) is 0 Å². The van der Waals surface area contributed by atoms with E-state index in [1.54, 1.807) is 0 Å². The van der Waals surface area contributed by atoms with Gasteiger partial charge >= 0.3 is 0 Å². The van der Waals surface area contributed by atoms with Gasteiger partial charge in [0.15, 0.2) is 0 Å². The van der Waals surface area contributed by atoms with Gasteiger partial charge < -0.3 is 0 Å². The topological polar surface area (TPSA) is 0 Å². The van der Waals surface area contributed by atoms with Gasteiger partial charge in [0.1, 0.15) is 0 Å². The van der Waals surface area contributed by atoms with E-state index in [2.05, 4.69) is 49.4 Å². The molecule has 0 saturated heterocycles. The van der Waals surface area contributed by atoms with Gasteiger partial charge in [0, 0.05) is 0 Å². The zero-order chi connectivity index (χ0) is 9.80. The summed E-state index contributed by atoms with van der Waals surface area (Å²) in [6, 6.07) is 8.68. The summed E-state index contributed by atoms with van der Waals surface area (Å²) >= 11 is 0. The Balaban J connectivity index is 2.68. The molecule has 0 amide bonds. The molecular formula is C14H16. The van der Waals surface area contributed by atoms with E-state index in [-0.39, 0.29) is 0 Å².